The van der Waals surface area contributed by atoms with Gasteiger partial charge in [0, 0.05) is 5.54 Å². The first-order valence-electron chi connectivity index (χ1n) is 3.74. The molecule has 1 spiro atoms. The summed E-state index contributed by atoms with van der Waals surface area (Å²) >= 11 is 0. The average Bonchev–Trinajstić information content (AvgIpc) is 2.09. The minimum atomic E-state index is -0.0159. The van der Waals surface area contributed by atoms with E-state index < -0.39 is 0 Å². The Kier molecular flexibility index (Phi) is 1.08. The molecule has 2 N–H and O–H groups in total. The van der Waals surface area contributed by atoms with E-state index in [-0.39, 0.29) is 6.10 Å². The first-order valence-corrected chi connectivity index (χ1v) is 3.74. The third kappa shape index (κ3) is 0.775. The topological polar surface area (TPSA) is 32.3 Å². The highest BCUT2D eigenvalue weighted by molar-refractivity contribution is 5.02. The van der Waals surface area contributed by atoms with Crippen molar-refractivity contribution in [2.24, 2.45) is 0 Å². The van der Waals surface area contributed by atoms with Crippen molar-refractivity contribution in [2.45, 2.75) is 37.3 Å². The molecule has 2 aliphatic rings. The normalized spacial score (nSPS) is 49.7. The molecule has 0 aromatic carbocycles. The van der Waals surface area contributed by atoms with E-state index in [1.807, 2.05) is 0 Å². The monoisotopic (exact) mass is 127 g/mol. The van der Waals surface area contributed by atoms with Gasteiger partial charge in [0.05, 0.1) is 6.10 Å². The molecule has 2 nitrogen and oxygen atoms in total. The Balaban J connectivity index is 1.99. The summed E-state index contributed by atoms with van der Waals surface area (Å²) < 4.78 is 0. The smallest absolute Gasteiger partial charge is 0.0558 e. The fourth-order valence-electron chi connectivity index (χ4n) is 1.96. The van der Waals surface area contributed by atoms with Crippen LogP contribution >= 0.6 is 0 Å². The van der Waals surface area contributed by atoms with E-state index in [0.29, 0.717) is 5.54 Å². The second-order valence-corrected chi connectivity index (χ2v) is 3.35. The van der Waals surface area contributed by atoms with E-state index in [9.17, 15) is 5.11 Å². The van der Waals surface area contributed by atoms with E-state index in [0.717, 1.165) is 19.4 Å². The van der Waals surface area contributed by atoms with Crippen molar-refractivity contribution in [2.75, 3.05) is 6.54 Å². The van der Waals surface area contributed by atoms with Gasteiger partial charge in [-0.25, -0.2) is 0 Å². The molecule has 2 unspecified atom stereocenters. The molecule has 1 saturated carbocycles. The van der Waals surface area contributed by atoms with Crippen LogP contribution in [0.15, 0.2) is 0 Å². The zero-order chi connectivity index (χ0) is 6.32. The molecular formula is C7H13NO. The Morgan fingerprint density at radius 3 is 2.44 bits per heavy atom. The minimum Gasteiger partial charge on any atom is -0.393 e. The van der Waals surface area contributed by atoms with Gasteiger partial charge in [0.1, 0.15) is 0 Å². The van der Waals surface area contributed by atoms with Crippen molar-refractivity contribution in [1.29, 1.82) is 0 Å². The molecule has 1 aliphatic heterocycles. The Morgan fingerprint density at radius 2 is 2.22 bits per heavy atom. The van der Waals surface area contributed by atoms with Crippen LogP contribution in [0.4, 0.5) is 0 Å². The first kappa shape index (κ1) is 5.69. The number of aliphatic hydroxyl groups excluding tert-OH is 1. The molecular weight excluding hydrogens is 114 g/mol. The third-order valence-corrected chi connectivity index (χ3v) is 2.69. The van der Waals surface area contributed by atoms with Crippen LogP contribution in [0.3, 0.4) is 0 Å². The lowest BCUT2D eigenvalue weighted by Gasteiger charge is -2.39. The molecule has 1 saturated heterocycles. The van der Waals surface area contributed by atoms with E-state index in [1.165, 1.54) is 12.8 Å². The fraction of sp³-hybridized carbons (Fsp3) is 1.00. The largest absolute Gasteiger partial charge is 0.393 e. The van der Waals surface area contributed by atoms with Crippen LogP contribution in [0.5, 0.6) is 0 Å². The zero-order valence-electron chi connectivity index (χ0n) is 5.56. The predicted octanol–water partition coefficient (Wildman–Crippen LogP) is 0.263. The molecule has 9 heavy (non-hydrogen) atoms. The Hall–Kier alpha value is -0.0800. The molecule has 0 aromatic heterocycles. The number of hydrogen-bond donors (Lipinski definition) is 2. The quantitative estimate of drug-likeness (QED) is 0.489. The standard InChI is InChI=1S/C7H13NO/c9-6-1-2-7(5-6)3-4-8-7/h6,8-9H,1-5H2. The second-order valence-electron chi connectivity index (χ2n) is 3.35. The van der Waals surface area contributed by atoms with Gasteiger partial charge in [-0.1, -0.05) is 0 Å². The predicted molar refractivity (Wildman–Crippen MR) is 35.2 cm³/mol. The molecule has 1 heterocycles. The summed E-state index contributed by atoms with van der Waals surface area (Å²) in [5.74, 6) is 0. The molecule has 0 radical (unpaired) electrons. The lowest BCUT2D eigenvalue weighted by atomic mass is 9.86. The fourth-order valence-corrected chi connectivity index (χ4v) is 1.96. The van der Waals surface area contributed by atoms with Crippen LogP contribution in [0.1, 0.15) is 25.7 Å². The van der Waals surface area contributed by atoms with Crippen LogP contribution in [0.25, 0.3) is 0 Å². The van der Waals surface area contributed by atoms with Crippen LogP contribution in [0, 0.1) is 0 Å². The minimum absolute atomic E-state index is 0.0159. The van der Waals surface area contributed by atoms with Gasteiger partial charge in [0.2, 0.25) is 0 Å². The van der Waals surface area contributed by atoms with Crippen LogP contribution in [-0.2, 0) is 0 Å². The number of nitrogens with one attached hydrogen (secondary N) is 1. The van der Waals surface area contributed by atoms with Crippen molar-refractivity contribution in [1.82, 2.24) is 5.32 Å². The van der Waals surface area contributed by atoms with Gasteiger partial charge in [-0.05, 0) is 32.2 Å². The molecule has 1 aliphatic carbocycles. The van der Waals surface area contributed by atoms with Gasteiger partial charge in [0.15, 0.2) is 0 Å². The highest BCUT2D eigenvalue weighted by Crippen LogP contribution is 2.36. The van der Waals surface area contributed by atoms with Gasteiger partial charge in [-0.3, -0.25) is 0 Å². The molecule has 0 bridgehead atoms. The third-order valence-electron chi connectivity index (χ3n) is 2.69. The Labute approximate surface area is 55.3 Å². The average molecular weight is 127 g/mol. The van der Waals surface area contributed by atoms with Gasteiger partial charge in [-0.15, -0.1) is 0 Å². The highest BCUT2D eigenvalue weighted by Gasteiger charge is 2.42. The van der Waals surface area contributed by atoms with Gasteiger partial charge < -0.3 is 10.4 Å². The number of aliphatic hydroxyl groups is 1. The maximum absolute atomic E-state index is 9.19. The summed E-state index contributed by atoms with van der Waals surface area (Å²) in [6, 6.07) is 0. The summed E-state index contributed by atoms with van der Waals surface area (Å²) in [5, 5.41) is 12.6. The summed E-state index contributed by atoms with van der Waals surface area (Å²) in [6.45, 7) is 1.16. The number of hydrogen-bond acceptors (Lipinski definition) is 2. The van der Waals surface area contributed by atoms with E-state index >= 15 is 0 Å². The van der Waals surface area contributed by atoms with Gasteiger partial charge in [-0.2, -0.15) is 0 Å². The van der Waals surface area contributed by atoms with Crippen LogP contribution < -0.4 is 5.32 Å². The van der Waals surface area contributed by atoms with Gasteiger partial charge in [0.25, 0.3) is 0 Å². The first-order chi connectivity index (χ1) is 4.31. The molecule has 2 heteroatoms. The van der Waals surface area contributed by atoms with Crippen molar-refractivity contribution < 1.29 is 5.11 Å². The molecule has 2 rings (SSSR count). The van der Waals surface area contributed by atoms with E-state index in [1.54, 1.807) is 0 Å². The Bertz CT molecular complexity index is 120. The lowest BCUT2D eigenvalue weighted by molar-refractivity contribution is 0.144. The van der Waals surface area contributed by atoms with Crippen molar-refractivity contribution in [3.05, 3.63) is 0 Å². The van der Waals surface area contributed by atoms with Crippen molar-refractivity contribution >= 4 is 0 Å². The van der Waals surface area contributed by atoms with Crippen molar-refractivity contribution in [3.8, 4) is 0 Å². The maximum Gasteiger partial charge on any atom is 0.0558 e. The van der Waals surface area contributed by atoms with Gasteiger partial charge >= 0.3 is 0 Å². The van der Waals surface area contributed by atoms with Crippen LogP contribution in [0.2, 0.25) is 0 Å². The van der Waals surface area contributed by atoms with E-state index in [4.69, 9.17) is 0 Å². The molecule has 0 aromatic rings. The maximum atomic E-state index is 9.19. The molecule has 0 amide bonds. The number of rotatable bonds is 0. The summed E-state index contributed by atoms with van der Waals surface area (Å²) in [5.41, 5.74) is 0.388. The van der Waals surface area contributed by atoms with E-state index in [2.05, 4.69) is 5.32 Å². The highest BCUT2D eigenvalue weighted by atomic mass is 16.3. The SMILES string of the molecule is OC1CCC2(CCN2)C1. The Morgan fingerprint density at radius 1 is 1.44 bits per heavy atom. The summed E-state index contributed by atoms with van der Waals surface area (Å²) in [7, 11) is 0. The lowest BCUT2D eigenvalue weighted by Crippen LogP contribution is -2.55. The zero-order valence-corrected chi connectivity index (χ0v) is 5.56. The molecule has 2 fully saturated rings. The summed E-state index contributed by atoms with van der Waals surface area (Å²) in [6.07, 6.45) is 4.45. The molecule has 52 valence electrons. The summed E-state index contributed by atoms with van der Waals surface area (Å²) in [4.78, 5) is 0. The molecule has 2 atom stereocenters. The van der Waals surface area contributed by atoms with Crippen LogP contribution in [-0.4, -0.2) is 23.3 Å². The van der Waals surface area contributed by atoms with Crippen molar-refractivity contribution in [3.63, 3.8) is 0 Å². The second kappa shape index (κ2) is 1.70.